The fourth-order valence-electron chi connectivity index (χ4n) is 2.61. The van der Waals surface area contributed by atoms with Gasteiger partial charge in [-0.25, -0.2) is 0 Å². The van der Waals surface area contributed by atoms with E-state index < -0.39 is 0 Å². The summed E-state index contributed by atoms with van der Waals surface area (Å²) in [6, 6.07) is 5.42. The first-order valence-electron chi connectivity index (χ1n) is 6.26. The van der Waals surface area contributed by atoms with E-state index in [-0.39, 0.29) is 17.5 Å². The van der Waals surface area contributed by atoms with Crippen LogP contribution in [-0.4, -0.2) is 36.0 Å². The molecule has 1 heterocycles. The highest BCUT2D eigenvalue weighted by Crippen LogP contribution is 2.31. The van der Waals surface area contributed by atoms with E-state index in [1.165, 1.54) is 0 Å². The molecule has 0 aliphatic carbocycles. The molecule has 1 aromatic carbocycles. The maximum Gasteiger partial charge on any atom is 0.254 e. The number of hydrogen-bond acceptors (Lipinski definition) is 3. The Kier molecular flexibility index (Phi) is 3.87. The van der Waals surface area contributed by atoms with Gasteiger partial charge in [0.2, 0.25) is 0 Å². The number of benzene rings is 1. The van der Waals surface area contributed by atoms with Crippen molar-refractivity contribution in [2.24, 2.45) is 5.73 Å². The molecular formula is C14H19BrN2O2. The highest BCUT2D eigenvalue weighted by atomic mass is 79.9. The molecule has 1 aliphatic heterocycles. The number of methoxy groups -OCH3 is 1. The molecule has 0 spiro atoms. The minimum atomic E-state index is -0.192. The zero-order chi connectivity index (χ0) is 14.2. The standard InChI is InChI=1S/C14H19BrN2O2/c1-14(2)7-10(16)8-17(14)13(18)9-4-5-12(19-3)11(15)6-9/h4-6,10H,7-8,16H2,1-3H3. The summed E-state index contributed by atoms with van der Waals surface area (Å²) in [5.41, 5.74) is 6.43. The summed E-state index contributed by atoms with van der Waals surface area (Å²) in [6.07, 6.45) is 0.829. The monoisotopic (exact) mass is 326 g/mol. The highest BCUT2D eigenvalue weighted by molar-refractivity contribution is 9.10. The maximum atomic E-state index is 12.6. The van der Waals surface area contributed by atoms with Gasteiger partial charge in [-0.3, -0.25) is 4.79 Å². The summed E-state index contributed by atoms with van der Waals surface area (Å²) < 4.78 is 5.95. The average molecular weight is 327 g/mol. The molecule has 1 aromatic rings. The van der Waals surface area contributed by atoms with Crippen molar-refractivity contribution in [3.63, 3.8) is 0 Å². The topological polar surface area (TPSA) is 55.6 Å². The Morgan fingerprint density at radius 1 is 1.53 bits per heavy atom. The van der Waals surface area contributed by atoms with E-state index in [2.05, 4.69) is 29.8 Å². The lowest BCUT2D eigenvalue weighted by Gasteiger charge is -2.31. The first-order valence-corrected chi connectivity index (χ1v) is 7.05. The largest absolute Gasteiger partial charge is 0.496 e. The first kappa shape index (κ1) is 14.3. The Morgan fingerprint density at radius 3 is 2.68 bits per heavy atom. The first-order chi connectivity index (χ1) is 8.85. The predicted molar refractivity (Wildman–Crippen MR) is 78.4 cm³/mol. The van der Waals surface area contributed by atoms with Crippen LogP contribution in [0.25, 0.3) is 0 Å². The van der Waals surface area contributed by atoms with Gasteiger partial charge in [0.25, 0.3) is 5.91 Å². The number of nitrogens with zero attached hydrogens (tertiary/aromatic N) is 1. The molecule has 0 aromatic heterocycles. The van der Waals surface area contributed by atoms with Crippen molar-refractivity contribution >= 4 is 21.8 Å². The lowest BCUT2D eigenvalue weighted by Crippen LogP contribution is -2.42. The van der Waals surface area contributed by atoms with E-state index in [0.717, 1.165) is 10.9 Å². The second kappa shape index (κ2) is 5.13. The summed E-state index contributed by atoms with van der Waals surface area (Å²) in [5.74, 6) is 0.732. The Morgan fingerprint density at radius 2 is 2.21 bits per heavy atom. The second-order valence-electron chi connectivity index (χ2n) is 5.54. The van der Waals surface area contributed by atoms with Gasteiger partial charge in [-0.1, -0.05) is 0 Å². The zero-order valence-corrected chi connectivity index (χ0v) is 13.0. The van der Waals surface area contributed by atoms with Gasteiger partial charge in [-0.15, -0.1) is 0 Å². The van der Waals surface area contributed by atoms with Gasteiger partial charge in [0.05, 0.1) is 11.6 Å². The van der Waals surface area contributed by atoms with E-state index in [4.69, 9.17) is 10.5 Å². The summed E-state index contributed by atoms with van der Waals surface area (Å²) >= 11 is 3.40. The number of halogens is 1. The van der Waals surface area contributed by atoms with E-state index in [1.54, 1.807) is 25.3 Å². The third kappa shape index (κ3) is 2.77. The molecule has 0 radical (unpaired) electrons. The molecule has 104 valence electrons. The Hall–Kier alpha value is -1.07. The molecule has 0 bridgehead atoms. The van der Waals surface area contributed by atoms with Gasteiger partial charge < -0.3 is 15.4 Å². The molecule has 19 heavy (non-hydrogen) atoms. The van der Waals surface area contributed by atoms with Crippen LogP contribution in [-0.2, 0) is 0 Å². The maximum absolute atomic E-state index is 12.6. The van der Waals surface area contributed by atoms with Crippen molar-refractivity contribution in [3.8, 4) is 5.75 Å². The number of hydrogen-bond donors (Lipinski definition) is 1. The highest BCUT2D eigenvalue weighted by Gasteiger charge is 2.39. The summed E-state index contributed by atoms with van der Waals surface area (Å²) in [4.78, 5) is 14.4. The SMILES string of the molecule is COc1ccc(C(=O)N2CC(N)CC2(C)C)cc1Br. The van der Waals surface area contributed by atoms with Gasteiger partial charge in [0.15, 0.2) is 0 Å². The molecular weight excluding hydrogens is 308 g/mol. The Labute approximate surface area is 122 Å². The van der Waals surface area contributed by atoms with Crippen LogP contribution in [0.4, 0.5) is 0 Å². The van der Waals surface area contributed by atoms with Crippen LogP contribution in [0.2, 0.25) is 0 Å². The van der Waals surface area contributed by atoms with E-state index in [9.17, 15) is 4.79 Å². The van der Waals surface area contributed by atoms with Crippen molar-refractivity contribution in [3.05, 3.63) is 28.2 Å². The normalized spacial score (nSPS) is 21.5. The molecule has 1 amide bonds. The molecule has 1 aliphatic rings. The lowest BCUT2D eigenvalue weighted by molar-refractivity contribution is 0.0651. The number of amides is 1. The van der Waals surface area contributed by atoms with Gasteiger partial charge in [0, 0.05) is 23.7 Å². The molecule has 2 N–H and O–H groups in total. The van der Waals surface area contributed by atoms with E-state index >= 15 is 0 Å². The fraction of sp³-hybridized carbons (Fsp3) is 0.500. The predicted octanol–water partition coefficient (Wildman–Crippen LogP) is 2.41. The van der Waals surface area contributed by atoms with Crippen molar-refractivity contribution in [2.45, 2.75) is 31.8 Å². The molecule has 1 unspecified atom stereocenters. The van der Waals surface area contributed by atoms with Crippen LogP contribution in [0.1, 0.15) is 30.6 Å². The van der Waals surface area contributed by atoms with Crippen LogP contribution >= 0.6 is 15.9 Å². The molecule has 0 saturated carbocycles. The third-order valence-corrected chi connectivity index (χ3v) is 4.17. The van der Waals surface area contributed by atoms with Crippen molar-refractivity contribution in [1.82, 2.24) is 4.90 Å². The van der Waals surface area contributed by atoms with Crippen molar-refractivity contribution in [2.75, 3.05) is 13.7 Å². The lowest BCUT2D eigenvalue weighted by atomic mass is 10.00. The zero-order valence-electron chi connectivity index (χ0n) is 11.4. The van der Waals surface area contributed by atoms with Gasteiger partial charge in [-0.2, -0.15) is 0 Å². The van der Waals surface area contributed by atoms with Gasteiger partial charge in [0.1, 0.15) is 5.75 Å². The van der Waals surface area contributed by atoms with Crippen LogP contribution in [0.15, 0.2) is 22.7 Å². The molecule has 1 fully saturated rings. The van der Waals surface area contributed by atoms with Crippen molar-refractivity contribution in [1.29, 1.82) is 0 Å². The fourth-order valence-corrected chi connectivity index (χ4v) is 3.15. The quantitative estimate of drug-likeness (QED) is 0.908. The minimum Gasteiger partial charge on any atom is -0.496 e. The number of carbonyl (C=O) groups is 1. The molecule has 1 atom stereocenters. The number of ether oxygens (including phenoxy) is 1. The minimum absolute atomic E-state index is 0.0151. The van der Waals surface area contributed by atoms with Crippen LogP contribution in [0, 0.1) is 0 Å². The number of carbonyl (C=O) groups excluding carboxylic acids is 1. The van der Waals surface area contributed by atoms with Gasteiger partial charge >= 0.3 is 0 Å². The smallest absolute Gasteiger partial charge is 0.254 e. The number of likely N-dealkylation sites (tertiary alicyclic amines) is 1. The third-order valence-electron chi connectivity index (χ3n) is 3.55. The average Bonchev–Trinajstić information content (AvgIpc) is 2.61. The summed E-state index contributed by atoms with van der Waals surface area (Å²) in [7, 11) is 1.60. The van der Waals surface area contributed by atoms with Crippen molar-refractivity contribution < 1.29 is 9.53 Å². The van der Waals surface area contributed by atoms with Crippen LogP contribution in [0.5, 0.6) is 5.75 Å². The molecule has 4 nitrogen and oxygen atoms in total. The van der Waals surface area contributed by atoms with Crippen LogP contribution in [0.3, 0.4) is 0 Å². The second-order valence-corrected chi connectivity index (χ2v) is 6.40. The summed E-state index contributed by atoms with van der Waals surface area (Å²) in [5, 5.41) is 0. The van der Waals surface area contributed by atoms with E-state index in [0.29, 0.717) is 17.9 Å². The molecule has 2 rings (SSSR count). The number of rotatable bonds is 2. The summed E-state index contributed by atoms with van der Waals surface area (Å²) in [6.45, 7) is 4.71. The molecule has 1 saturated heterocycles. The number of nitrogens with two attached hydrogens (primary N) is 1. The van der Waals surface area contributed by atoms with Gasteiger partial charge in [-0.05, 0) is 54.4 Å². The van der Waals surface area contributed by atoms with Crippen LogP contribution < -0.4 is 10.5 Å². The Balaban J connectivity index is 2.27. The molecule has 5 heteroatoms. The van der Waals surface area contributed by atoms with E-state index in [1.807, 2.05) is 4.90 Å². The Bertz CT molecular complexity index is 502.